The predicted octanol–water partition coefficient (Wildman–Crippen LogP) is 10.9. The van der Waals surface area contributed by atoms with Crippen molar-refractivity contribution in [3.8, 4) is 11.5 Å². The molecule has 0 saturated carbocycles. The van der Waals surface area contributed by atoms with Crippen molar-refractivity contribution in [1.82, 2.24) is 0 Å². The zero-order chi connectivity index (χ0) is 27.7. The lowest BCUT2D eigenvalue weighted by molar-refractivity contribution is 0.294. The predicted molar refractivity (Wildman–Crippen MR) is 166 cm³/mol. The Bertz CT molecular complexity index is 1050. The van der Waals surface area contributed by atoms with Crippen molar-refractivity contribution in [2.24, 2.45) is 0 Å². The molecule has 0 spiro atoms. The van der Waals surface area contributed by atoms with Crippen LogP contribution in [0.25, 0.3) is 0 Å². The Balaban J connectivity index is 2.29. The Kier molecular flexibility index (Phi) is 13.7. The molecule has 0 heterocycles. The van der Waals surface area contributed by atoms with Crippen LogP contribution in [0.15, 0.2) is 45.3 Å². The molecule has 0 amide bonds. The van der Waals surface area contributed by atoms with Crippen molar-refractivity contribution in [2.75, 3.05) is 24.7 Å². The van der Waals surface area contributed by atoms with E-state index in [4.69, 9.17) is 18.1 Å². The molecular weight excluding hydrogens is 682 g/mol. The van der Waals surface area contributed by atoms with Gasteiger partial charge in [-0.05, 0) is 117 Å². The summed E-state index contributed by atoms with van der Waals surface area (Å²) in [6, 6.07) is 11.5. The molecule has 0 aliphatic heterocycles. The van der Waals surface area contributed by atoms with E-state index < -0.39 is 13.6 Å². The highest BCUT2D eigenvalue weighted by Crippen LogP contribution is 2.62. The lowest BCUT2D eigenvalue weighted by atomic mass is 9.78. The third-order valence-corrected chi connectivity index (χ3v) is 14.3. The number of rotatable bonds is 16. The van der Waals surface area contributed by atoms with Crippen molar-refractivity contribution in [1.29, 1.82) is 0 Å². The van der Waals surface area contributed by atoms with Crippen molar-refractivity contribution in [2.45, 2.75) is 59.8 Å². The maximum Gasteiger partial charge on any atom is 0.440 e. The van der Waals surface area contributed by atoms with Gasteiger partial charge >= 0.3 is 13.6 Å². The van der Waals surface area contributed by atoms with Crippen LogP contribution in [0, 0.1) is 0 Å². The molecule has 0 aromatic heterocycles. The van der Waals surface area contributed by atoms with Gasteiger partial charge in [0.05, 0.1) is 22.2 Å². The number of hydrogen-bond acceptors (Lipinski definition) is 8. The smallest absolute Gasteiger partial charge is 0.416 e. The molecule has 2 atom stereocenters. The first kappa shape index (κ1) is 33.3. The second-order valence-electron chi connectivity index (χ2n) is 8.49. The van der Waals surface area contributed by atoms with E-state index in [0.29, 0.717) is 45.2 Å². The Morgan fingerprint density at radius 1 is 0.730 bits per heavy atom. The highest BCUT2D eigenvalue weighted by Gasteiger charge is 2.31. The molecule has 37 heavy (non-hydrogen) atoms. The fourth-order valence-electron chi connectivity index (χ4n) is 3.24. The Hall–Kier alpha value is 0.0800. The zero-order valence-corrected chi connectivity index (χ0v) is 28.7. The lowest BCUT2D eigenvalue weighted by Gasteiger charge is -2.28. The summed E-state index contributed by atoms with van der Waals surface area (Å²) in [5.41, 5.74) is 1.67. The van der Waals surface area contributed by atoms with Gasteiger partial charge in [-0.25, -0.2) is 9.13 Å². The van der Waals surface area contributed by atoms with Crippen LogP contribution in [0.5, 0.6) is 11.5 Å². The van der Waals surface area contributed by atoms with Gasteiger partial charge in [-0.15, -0.1) is 0 Å². The minimum atomic E-state index is -3.31. The molecule has 2 unspecified atom stereocenters. The highest BCUT2D eigenvalue weighted by molar-refractivity contribution is 9.11. The van der Waals surface area contributed by atoms with E-state index in [9.17, 15) is 9.13 Å². The monoisotopic (exact) mass is 716 g/mol. The summed E-state index contributed by atoms with van der Waals surface area (Å²) >= 11 is 9.61. The van der Waals surface area contributed by atoms with Gasteiger partial charge in [-0.1, -0.05) is 39.8 Å². The first-order valence-corrected chi connectivity index (χ1v) is 20.1. The average Bonchev–Trinajstić information content (AvgIpc) is 2.84. The molecule has 2 aromatic rings. The lowest BCUT2D eigenvalue weighted by Crippen LogP contribution is -2.19. The first-order chi connectivity index (χ1) is 17.4. The summed E-state index contributed by atoms with van der Waals surface area (Å²) in [4.78, 5) is 0. The van der Waals surface area contributed by atoms with Crippen molar-refractivity contribution in [3.05, 3.63) is 56.5 Å². The summed E-state index contributed by atoms with van der Waals surface area (Å²) in [5, 5.41) is 0. The standard InChI is InChI=1S/C25H36Br2O6P2S2/c1-7-15-36-34(28,30-9-3)32-23-13-11-19(17-21(23)26)25(5,6)20-12-14-24(22(27)18-20)33-35(29,31-10-4)37-16-8-2/h11-14,17-18H,7-10,15-16H2,1-6H3. The summed E-state index contributed by atoms with van der Waals surface area (Å²) in [6.45, 7) is 5.88. The Morgan fingerprint density at radius 2 is 1.11 bits per heavy atom. The van der Waals surface area contributed by atoms with Crippen LogP contribution in [-0.4, -0.2) is 24.7 Å². The van der Waals surface area contributed by atoms with E-state index in [-0.39, 0.29) is 5.41 Å². The molecule has 2 rings (SSSR count). The molecule has 0 radical (unpaired) electrons. The van der Waals surface area contributed by atoms with Gasteiger partial charge in [0, 0.05) is 16.9 Å². The van der Waals surface area contributed by atoms with Gasteiger partial charge in [-0.2, -0.15) is 0 Å². The largest absolute Gasteiger partial charge is 0.440 e. The van der Waals surface area contributed by atoms with E-state index in [2.05, 4.69) is 45.7 Å². The molecular formula is C25H36Br2O6P2S2. The Labute approximate surface area is 246 Å². The van der Waals surface area contributed by atoms with Gasteiger partial charge in [0.2, 0.25) is 0 Å². The van der Waals surface area contributed by atoms with E-state index >= 15 is 0 Å². The van der Waals surface area contributed by atoms with E-state index in [0.717, 1.165) is 24.0 Å². The maximum absolute atomic E-state index is 13.1. The van der Waals surface area contributed by atoms with E-state index in [1.807, 2.05) is 50.2 Å². The molecule has 0 aliphatic rings. The molecule has 12 heteroatoms. The van der Waals surface area contributed by atoms with Crippen LogP contribution in [-0.2, 0) is 23.6 Å². The summed E-state index contributed by atoms with van der Waals surface area (Å²) in [6.07, 6.45) is 1.75. The SMILES string of the molecule is CCCSP(=O)(OCC)Oc1ccc(C(C)(C)c2ccc(OP(=O)(OCC)SCCC)c(Br)c2)cc1Br. The molecule has 0 N–H and O–H groups in total. The molecule has 0 fully saturated rings. The van der Waals surface area contributed by atoms with Crippen molar-refractivity contribution in [3.63, 3.8) is 0 Å². The van der Waals surface area contributed by atoms with Gasteiger partial charge in [0.25, 0.3) is 0 Å². The number of halogens is 2. The normalized spacial score (nSPS) is 15.1. The topological polar surface area (TPSA) is 71.1 Å². The van der Waals surface area contributed by atoms with Crippen molar-refractivity contribution < 1.29 is 27.2 Å². The van der Waals surface area contributed by atoms with Crippen LogP contribution in [0.4, 0.5) is 0 Å². The first-order valence-electron chi connectivity index (χ1n) is 12.2. The van der Waals surface area contributed by atoms with E-state index in [1.54, 1.807) is 13.8 Å². The van der Waals surface area contributed by atoms with Gasteiger partial charge in [0.15, 0.2) is 0 Å². The quantitative estimate of drug-likeness (QED) is 0.159. The highest BCUT2D eigenvalue weighted by atomic mass is 79.9. The number of benzene rings is 2. The molecule has 2 aromatic carbocycles. The third-order valence-electron chi connectivity index (χ3n) is 5.21. The molecule has 6 nitrogen and oxygen atoms in total. The number of hydrogen-bond donors (Lipinski definition) is 0. The second kappa shape index (κ2) is 15.2. The molecule has 0 aliphatic carbocycles. The van der Waals surface area contributed by atoms with Gasteiger partial charge in [-0.3, -0.25) is 9.05 Å². The van der Waals surface area contributed by atoms with Gasteiger partial charge < -0.3 is 9.05 Å². The minimum absolute atomic E-state index is 0.308. The minimum Gasteiger partial charge on any atom is -0.416 e. The third kappa shape index (κ3) is 9.60. The van der Waals surface area contributed by atoms with Gasteiger partial charge in [0.1, 0.15) is 11.5 Å². The Morgan fingerprint density at radius 3 is 1.41 bits per heavy atom. The van der Waals surface area contributed by atoms with Crippen LogP contribution in [0.1, 0.15) is 65.5 Å². The second-order valence-corrected chi connectivity index (χ2v) is 18.4. The molecule has 208 valence electrons. The summed E-state index contributed by atoms with van der Waals surface area (Å²) in [7, 11) is 0. The summed E-state index contributed by atoms with van der Waals surface area (Å²) in [5.74, 6) is 2.32. The van der Waals surface area contributed by atoms with Crippen LogP contribution in [0.3, 0.4) is 0 Å². The van der Waals surface area contributed by atoms with E-state index in [1.165, 1.54) is 22.8 Å². The summed E-state index contributed by atoms with van der Waals surface area (Å²) < 4.78 is 50.3. The van der Waals surface area contributed by atoms with Crippen molar-refractivity contribution >= 4 is 68.2 Å². The average molecular weight is 718 g/mol. The molecule has 0 saturated heterocycles. The fourth-order valence-corrected chi connectivity index (χ4v) is 11.3. The van der Waals surface area contributed by atoms with Crippen LogP contribution >= 0.6 is 68.2 Å². The molecule has 0 bridgehead atoms. The fraction of sp³-hybridized carbons (Fsp3) is 0.520. The zero-order valence-electron chi connectivity index (χ0n) is 22.1. The van der Waals surface area contributed by atoms with Crippen LogP contribution in [0.2, 0.25) is 0 Å². The maximum atomic E-state index is 13.1. The van der Waals surface area contributed by atoms with Crippen LogP contribution < -0.4 is 9.05 Å².